The lowest BCUT2D eigenvalue weighted by atomic mass is 9.70. The summed E-state index contributed by atoms with van der Waals surface area (Å²) >= 11 is 0. The van der Waals surface area contributed by atoms with Gasteiger partial charge >= 0.3 is 0 Å². The van der Waals surface area contributed by atoms with Gasteiger partial charge in [0, 0.05) is 5.41 Å². The fourth-order valence-electron chi connectivity index (χ4n) is 3.86. The molecule has 3 aromatic rings. The molecule has 1 aliphatic carbocycles. The monoisotopic (exact) mass is 336 g/mol. The van der Waals surface area contributed by atoms with Crippen LogP contribution in [0.25, 0.3) is 0 Å². The summed E-state index contributed by atoms with van der Waals surface area (Å²) < 4.78 is 0. The fourth-order valence-corrected chi connectivity index (χ4v) is 3.86. The highest BCUT2D eigenvalue weighted by Gasteiger charge is 2.30. The Kier molecular flexibility index (Phi) is 4.84. The van der Waals surface area contributed by atoms with E-state index < -0.39 is 0 Å². The van der Waals surface area contributed by atoms with Crippen LogP contribution in [0.4, 0.5) is 0 Å². The van der Waals surface area contributed by atoms with Crippen molar-refractivity contribution in [2.24, 2.45) is 0 Å². The van der Waals surface area contributed by atoms with Crippen LogP contribution in [-0.2, 0) is 18.3 Å². The lowest BCUT2D eigenvalue weighted by molar-refractivity contribution is 0.531. The maximum atomic E-state index is 2.44. The summed E-state index contributed by atoms with van der Waals surface area (Å²) in [5, 5.41) is 0. The molecule has 0 spiro atoms. The second-order valence-corrected chi connectivity index (χ2v) is 7.16. The normalized spacial score (nSPS) is 19.2. The van der Waals surface area contributed by atoms with Gasteiger partial charge < -0.3 is 0 Å². The SMILES string of the molecule is C1=CC(Cc2ccccc2)(c2ccccc2)CC=C1Cc1ccccc1. The summed E-state index contributed by atoms with van der Waals surface area (Å²) in [5.74, 6) is 0. The minimum absolute atomic E-state index is 0.0444. The first-order chi connectivity index (χ1) is 12.8. The van der Waals surface area contributed by atoms with Crippen LogP contribution in [0, 0.1) is 0 Å². The average Bonchev–Trinajstić information content (AvgIpc) is 2.72. The van der Waals surface area contributed by atoms with E-state index in [1.807, 2.05) is 0 Å². The molecule has 0 heteroatoms. The minimum atomic E-state index is 0.0444. The number of hydrogen-bond donors (Lipinski definition) is 0. The van der Waals surface area contributed by atoms with Crippen LogP contribution < -0.4 is 0 Å². The number of hydrogen-bond acceptors (Lipinski definition) is 0. The van der Waals surface area contributed by atoms with Crippen molar-refractivity contribution in [1.29, 1.82) is 0 Å². The van der Waals surface area contributed by atoms with Crippen LogP contribution in [-0.4, -0.2) is 0 Å². The zero-order valence-corrected chi connectivity index (χ0v) is 15.0. The van der Waals surface area contributed by atoms with E-state index >= 15 is 0 Å². The van der Waals surface area contributed by atoms with Gasteiger partial charge in [-0.2, -0.15) is 0 Å². The smallest absolute Gasteiger partial charge is 0.0210 e. The predicted molar refractivity (Wildman–Crippen MR) is 110 cm³/mol. The van der Waals surface area contributed by atoms with Gasteiger partial charge in [0.25, 0.3) is 0 Å². The molecule has 26 heavy (non-hydrogen) atoms. The number of rotatable bonds is 5. The molecule has 0 radical (unpaired) electrons. The van der Waals surface area contributed by atoms with Crippen molar-refractivity contribution in [3.8, 4) is 0 Å². The zero-order valence-electron chi connectivity index (χ0n) is 15.0. The third kappa shape index (κ3) is 3.70. The van der Waals surface area contributed by atoms with Gasteiger partial charge in [0.2, 0.25) is 0 Å². The molecule has 0 nitrogen and oxygen atoms in total. The molecule has 1 unspecified atom stereocenters. The van der Waals surface area contributed by atoms with Crippen molar-refractivity contribution in [2.45, 2.75) is 24.7 Å². The fraction of sp³-hybridized carbons (Fsp3) is 0.154. The maximum absolute atomic E-state index is 2.44. The second-order valence-electron chi connectivity index (χ2n) is 7.16. The van der Waals surface area contributed by atoms with E-state index in [1.54, 1.807) is 0 Å². The lowest BCUT2D eigenvalue weighted by Crippen LogP contribution is -2.28. The van der Waals surface area contributed by atoms with E-state index in [-0.39, 0.29) is 5.41 Å². The minimum Gasteiger partial charge on any atom is -0.0798 e. The van der Waals surface area contributed by atoms with Gasteiger partial charge in [0.05, 0.1) is 0 Å². The van der Waals surface area contributed by atoms with Crippen LogP contribution in [0.1, 0.15) is 23.1 Å². The molecule has 0 bridgehead atoms. The standard InChI is InChI=1S/C26H24/c1-4-10-22(11-5-1)20-23-16-18-26(19-17-23,25-14-8-3-9-15-25)21-24-12-6-2-7-13-24/h1-18H,19-21H2. The van der Waals surface area contributed by atoms with Crippen molar-refractivity contribution in [2.75, 3.05) is 0 Å². The van der Waals surface area contributed by atoms with Gasteiger partial charge in [-0.25, -0.2) is 0 Å². The highest BCUT2D eigenvalue weighted by atomic mass is 14.3. The Labute approximate surface area is 156 Å². The molecule has 0 aromatic heterocycles. The second kappa shape index (κ2) is 7.58. The molecule has 1 atom stereocenters. The zero-order chi connectivity index (χ0) is 17.7. The van der Waals surface area contributed by atoms with Crippen molar-refractivity contribution >= 4 is 0 Å². The van der Waals surface area contributed by atoms with Crippen molar-refractivity contribution in [3.63, 3.8) is 0 Å². The Bertz CT molecular complexity index is 889. The Morgan fingerprint density at radius 3 is 1.81 bits per heavy atom. The molecule has 0 fully saturated rings. The molecular weight excluding hydrogens is 312 g/mol. The van der Waals surface area contributed by atoms with Crippen LogP contribution in [0.15, 0.2) is 115 Å². The molecule has 0 saturated heterocycles. The molecule has 4 rings (SSSR count). The average molecular weight is 336 g/mol. The third-order valence-electron chi connectivity index (χ3n) is 5.31. The third-order valence-corrected chi connectivity index (χ3v) is 5.31. The van der Waals surface area contributed by atoms with Gasteiger partial charge in [-0.1, -0.05) is 109 Å². The molecule has 0 saturated carbocycles. The topological polar surface area (TPSA) is 0 Å². The first-order valence-corrected chi connectivity index (χ1v) is 9.36. The van der Waals surface area contributed by atoms with E-state index in [0.717, 1.165) is 19.3 Å². The molecule has 0 heterocycles. The number of allylic oxidation sites excluding steroid dienone is 4. The van der Waals surface area contributed by atoms with E-state index in [9.17, 15) is 0 Å². The predicted octanol–water partition coefficient (Wildman–Crippen LogP) is 6.30. The van der Waals surface area contributed by atoms with Crippen molar-refractivity contribution in [3.05, 3.63) is 131 Å². The molecule has 0 N–H and O–H groups in total. The Morgan fingerprint density at radius 1 is 0.654 bits per heavy atom. The lowest BCUT2D eigenvalue weighted by Gasteiger charge is -2.33. The summed E-state index contributed by atoms with van der Waals surface area (Å²) in [5.41, 5.74) is 5.62. The van der Waals surface area contributed by atoms with E-state index in [2.05, 4.69) is 109 Å². The maximum Gasteiger partial charge on any atom is 0.0210 e. The molecule has 1 aliphatic rings. The largest absolute Gasteiger partial charge is 0.0798 e. The Balaban J connectivity index is 1.61. The molecular formula is C26H24. The van der Waals surface area contributed by atoms with E-state index in [4.69, 9.17) is 0 Å². The summed E-state index contributed by atoms with van der Waals surface area (Å²) in [6.45, 7) is 0. The summed E-state index contributed by atoms with van der Waals surface area (Å²) in [4.78, 5) is 0. The quantitative estimate of drug-likeness (QED) is 0.513. The summed E-state index contributed by atoms with van der Waals surface area (Å²) in [6.07, 6.45) is 10.3. The Hall–Kier alpha value is -2.86. The van der Waals surface area contributed by atoms with Gasteiger partial charge in [0.15, 0.2) is 0 Å². The van der Waals surface area contributed by atoms with E-state index in [0.29, 0.717) is 0 Å². The first-order valence-electron chi connectivity index (χ1n) is 9.36. The molecule has 0 amide bonds. The van der Waals surface area contributed by atoms with Crippen LogP contribution in [0.3, 0.4) is 0 Å². The van der Waals surface area contributed by atoms with Crippen LogP contribution >= 0.6 is 0 Å². The van der Waals surface area contributed by atoms with Gasteiger partial charge in [-0.3, -0.25) is 0 Å². The molecule has 3 aromatic carbocycles. The van der Waals surface area contributed by atoms with Crippen molar-refractivity contribution < 1.29 is 0 Å². The van der Waals surface area contributed by atoms with Crippen molar-refractivity contribution in [1.82, 2.24) is 0 Å². The number of benzene rings is 3. The first kappa shape index (κ1) is 16.6. The van der Waals surface area contributed by atoms with Crippen LogP contribution in [0.5, 0.6) is 0 Å². The van der Waals surface area contributed by atoms with Crippen LogP contribution in [0.2, 0.25) is 0 Å². The van der Waals surface area contributed by atoms with Gasteiger partial charge in [-0.15, -0.1) is 0 Å². The van der Waals surface area contributed by atoms with E-state index in [1.165, 1.54) is 22.3 Å². The van der Waals surface area contributed by atoms with Gasteiger partial charge in [-0.05, 0) is 41.5 Å². The molecule has 0 aliphatic heterocycles. The summed E-state index contributed by atoms with van der Waals surface area (Å²) in [6, 6.07) is 32.5. The molecule has 128 valence electrons. The highest BCUT2D eigenvalue weighted by Crippen LogP contribution is 2.37. The van der Waals surface area contributed by atoms with Gasteiger partial charge in [0.1, 0.15) is 0 Å². The summed E-state index contributed by atoms with van der Waals surface area (Å²) in [7, 11) is 0. The Morgan fingerprint density at radius 2 is 1.23 bits per heavy atom. The highest BCUT2D eigenvalue weighted by molar-refractivity contribution is 5.42.